The van der Waals surface area contributed by atoms with Crippen LogP contribution in [0.1, 0.15) is 89.9 Å². The fourth-order valence-corrected chi connectivity index (χ4v) is 11.1. The lowest BCUT2D eigenvalue weighted by molar-refractivity contribution is 1.17. The van der Waals surface area contributed by atoms with Gasteiger partial charge < -0.3 is 0 Å². The summed E-state index contributed by atoms with van der Waals surface area (Å²) >= 11 is 0. The lowest BCUT2D eigenvalue weighted by Gasteiger charge is -2.07. The van der Waals surface area contributed by atoms with Crippen LogP contribution in [0.5, 0.6) is 0 Å². The van der Waals surface area contributed by atoms with Crippen LogP contribution in [0, 0.1) is 111 Å². The van der Waals surface area contributed by atoms with E-state index in [0.29, 0.717) is 0 Å². The lowest BCUT2D eigenvalue weighted by Crippen LogP contribution is -1.89. The molecule has 0 unspecified atom stereocenters. The van der Waals surface area contributed by atoms with Crippen LogP contribution in [-0.4, -0.2) is 79.7 Å². The SMILES string of the molecule is Cc1cc(-c2ccnc(C)c2)ccn1.Cc1ccc(-c2cccc(C)n2)cn1.Cc1ccc(-c2cccc(C)n2)nc1.Cc1ccc(-c2ccnc(C)c2)nc1.Cc1ccnc(-c2cc(C)ccn2)c1.Cc1ccnc(-c2ccc(C)nc2)c1.Cc1ccncc1-c1cnccc1C.Cc1cnccc1-c1ccncc1C. The molecule has 16 aromatic rings. The third kappa shape index (κ3) is 26.4. The minimum atomic E-state index is 0.930. The van der Waals surface area contributed by atoms with Crippen molar-refractivity contribution in [3.05, 3.63) is 383 Å². The summed E-state index contributed by atoms with van der Waals surface area (Å²) in [7, 11) is 0. The number of aryl methyl sites for hydroxylation is 16. The zero-order chi connectivity index (χ0) is 79.7. The van der Waals surface area contributed by atoms with Gasteiger partial charge >= 0.3 is 0 Å². The number of pyridine rings is 16. The summed E-state index contributed by atoms with van der Waals surface area (Å²) in [6.07, 6.45) is 33.2. The van der Waals surface area contributed by atoms with Crippen molar-refractivity contribution in [1.82, 2.24) is 79.7 Å². The first-order valence-electron chi connectivity index (χ1n) is 36.9. The van der Waals surface area contributed by atoms with Crippen LogP contribution in [0.3, 0.4) is 0 Å². The Bertz CT molecular complexity index is 4920. The molecule has 0 fully saturated rings. The van der Waals surface area contributed by atoms with Gasteiger partial charge in [-0.15, -0.1) is 0 Å². The maximum atomic E-state index is 4.43. The normalized spacial score (nSPS) is 10.1. The lowest BCUT2D eigenvalue weighted by atomic mass is 10.0. The van der Waals surface area contributed by atoms with Crippen molar-refractivity contribution in [3.8, 4) is 89.9 Å². The monoisotopic (exact) mass is 1470 g/mol. The van der Waals surface area contributed by atoms with Crippen molar-refractivity contribution in [2.45, 2.75) is 111 Å². The summed E-state index contributed by atoms with van der Waals surface area (Å²) in [6, 6.07) is 60.6. The van der Waals surface area contributed by atoms with Crippen LogP contribution < -0.4 is 0 Å². The molecule has 0 saturated carbocycles. The smallest absolute Gasteiger partial charge is 0.0889 e. The molecule has 560 valence electrons. The Kier molecular flexibility index (Phi) is 31.1. The van der Waals surface area contributed by atoms with Crippen molar-refractivity contribution < 1.29 is 0 Å². The van der Waals surface area contributed by atoms with E-state index in [0.717, 1.165) is 108 Å². The molecule has 0 aliphatic rings. The van der Waals surface area contributed by atoms with E-state index in [4.69, 9.17) is 0 Å². The Balaban J connectivity index is 0.000000147. The molecular formula is C96H96N16. The van der Waals surface area contributed by atoms with E-state index in [-0.39, 0.29) is 0 Å². The Labute approximate surface area is 660 Å². The maximum absolute atomic E-state index is 4.43. The van der Waals surface area contributed by atoms with E-state index in [1.807, 2.05) is 332 Å². The second kappa shape index (κ2) is 42.2. The Hall–Kier alpha value is -13.6. The van der Waals surface area contributed by atoms with Crippen molar-refractivity contribution >= 4 is 0 Å². The average molecular weight is 1470 g/mol. The van der Waals surface area contributed by atoms with Gasteiger partial charge in [0, 0.05) is 179 Å². The zero-order valence-corrected chi connectivity index (χ0v) is 66.9. The van der Waals surface area contributed by atoms with Crippen LogP contribution in [0.15, 0.2) is 294 Å². The van der Waals surface area contributed by atoms with Gasteiger partial charge in [0.25, 0.3) is 0 Å². The van der Waals surface area contributed by atoms with E-state index in [1.165, 1.54) is 72.3 Å². The molecule has 0 spiro atoms. The molecule has 0 N–H and O–H groups in total. The number of hydrogen-bond donors (Lipinski definition) is 0. The highest BCUT2D eigenvalue weighted by Crippen LogP contribution is 2.27. The summed E-state index contributed by atoms with van der Waals surface area (Å²) < 4.78 is 0. The van der Waals surface area contributed by atoms with Gasteiger partial charge in [-0.2, -0.15) is 0 Å². The third-order valence-electron chi connectivity index (χ3n) is 17.3. The van der Waals surface area contributed by atoms with E-state index in [9.17, 15) is 0 Å². The second-order valence-corrected chi connectivity index (χ2v) is 27.1. The Morgan fingerprint density at radius 2 is 0.554 bits per heavy atom. The highest BCUT2D eigenvalue weighted by atomic mass is 14.8. The molecule has 0 aromatic carbocycles. The molecular weight excluding hydrogens is 1380 g/mol. The van der Waals surface area contributed by atoms with Crippen LogP contribution in [0.25, 0.3) is 89.9 Å². The molecule has 16 aromatic heterocycles. The van der Waals surface area contributed by atoms with Crippen molar-refractivity contribution in [1.29, 1.82) is 0 Å². The molecule has 0 aliphatic heterocycles. The van der Waals surface area contributed by atoms with Crippen LogP contribution in [-0.2, 0) is 0 Å². The molecule has 0 aliphatic carbocycles. The first kappa shape index (κ1) is 82.5. The van der Waals surface area contributed by atoms with Crippen LogP contribution in [0.2, 0.25) is 0 Å². The average Bonchev–Trinajstić information content (AvgIpc) is 0.832. The molecule has 0 atom stereocenters. The molecule has 112 heavy (non-hydrogen) atoms. The van der Waals surface area contributed by atoms with Gasteiger partial charge in [0.2, 0.25) is 0 Å². The zero-order valence-electron chi connectivity index (χ0n) is 66.9. The van der Waals surface area contributed by atoms with Crippen molar-refractivity contribution in [2.75, 3.05) is 0 Å². The summed E-state index contributed by atoms with van der Waals surface area (Å²) in [5.41, 5.74) is 35.2. The minimum Gasteiger partial charge on any atom is -0.264 e. The summed E-state index contributed by atoms with van der Waals surface area (Å²) in [6.45, 7) is 32.5. The first-order valence-corrected chi connectivity index (χ1v) is 36.9. The minimum absolute atomic E-state index is 0.930. The standard InChI is InChI=1S/8C12H12N2/c1-9-7-13-5-3-11(9)12-4-6-14-8-10(12)2;1-9-7-11(3-5-13-9)12-4-6-14-10(2)8-12;1-9-3-5-13-7-11(9)12-8-14-6-4-10(12)2;1-9-3-5-13-11(7-9)12-8-10(2)4-6-14-12;1-9-5-6-13-12(7-9)11-4-3-10(2)14-8-11;1-9-3-4-12(14-8-9)11-5-6-13-10(2)7-11;1-9-6-7-11(8-13-9)12-5-3-4-10(2)14-12;1-9-6-7-11(13-8-9)12-5-3-4-10(2)14-12/h8*3-8H,1-2H3. The molecule has 16 nitrogen and oxygen atoms in total. The predicted molar refractivity (Wildman–Crippen MR) is 456 cm³/mol. The molecule has 0 amide bonds. The van der Waals surface area contributed by atoms with Gasteiger partial charge in [0.15, 0.2) is 0 Å². The fourth-order valence-electron chi connectivity index (χ4n) is 11.1. The van der Waals surface area contributed by atoms with E-state index in [2.05, 4.69) is 152 Å². The predicted octanol–water partition coefficient (Wildman–Crippen LogP) is 22.1. The summed E-state index contributed by atoms with van der Waals surface area (Å²) in [5.74, 6) is 0. The van der Waals surface area contributed by atoms with Crippen molar-refractivity contribution in [3.63, 3.8) is 0 Å². The number of rotatable bonds is 8. The molecule has 16 heterocycles. The summed E-state index contributed by atoms with van der Waals surface area (Å²) in [5, 5.41) is 0. The Morgan fingerprint density at radius 3 is 0.955 bits per heavy atom. The molecule has 16 heteroatoms. The largest absolute Gasteiger partial charge is 0.264 e. The van der Waals surface area contributed by atoms with E-state index in [1.54, 1.807) is 0 Å². The van der Waals surface area contributed by atoms with E-state index >= 15 is 0 Å². The van der Waals surface area contributed by atoms with Gasteiger partial charge in [0.1, 0.15) is 0 Å². The fraction of sp³-hybridized carbons (Fsp3) is 0.167. The highest BCUT2D eigenvalue weighted by molar-refractivity contribution is 5.70. The number of aromatic nitrogens is 16. The van der Waals surface area contributed by atoms with Crippen molar-refractivity contribution in [2.24, 2.45) is 0 Å². The number of nitrogens with zero attached hydrogens (tertiary/aromatic N) is 16. The second-order valence-electron chi connectivity index (χ2n) is 27.1. The summed E-state index contributed by atoms with van der Waals surface area (Å²) in [4.78, 5) is 67.8. The number of hydrogen-bond acceptors (Lipinski definition) is 16. The van der Waals surface area contributed by atoms with Gasteiger partial charge in [-0.25, -0.2) is 0 Å². The molecule has 16 rings (SSSR count). The third-order valence-corrected chi connectivity index (χ3v) is 17.3. The van der Waals surface area contributed by atoms with Gasteiger partial charge in [-0.05, 0) is 341 Å². The Morgan fingerprint density at radius 1 is 0.170 bits per heavy atom. The van der Waals surface area contributed by atoms with Crippen LogP contribution in [0.4, 0.5) is 0 Å². The topological polar surface area (TPSA) is 206 Å². The maximum Gasteiger partial charge on any atom is 0.0889 e. The molecule has 0 radical (unpaired) electrons. The van der Waals surface area contributed by atoms with Gasteiger partial charge in [-0.3, -0.25) is 79.7 Å². The van der Waals surface area contributed by atoms with E-state index < -0.39 is 0 Å². The first-order chi connectivity index (χ1) is 54.1. The van der Waals surface area contributed by atoms with Crippen LogP contribution >= 0.6 is 0 Å². The quantitative estimate of drug-likeness (QED) is 0.139. The van der Waals surface area contributed by atoms with Gasteiger partial charge in [-0.1, -0.05) is 24.3 Å². The molecule has 0 saturated heterocycles. The highest BCUT2D eigenvalue weighted by Gasteiger charge is 2.08. The van der Waals surface area contributed by atoms with Gasteiger partial charge in [0.05, 0.1) is 39.9 Å². The molecule has 0 bridgehead atoms.